The molecule has 2 fully saturated rings. The topological polar surface area (TPSA) is 70.7 Å². The number of amides is 2. The largest absolute Gasteiger partial charge is 0.496 e. The molecule has 6 nitrogen and oxygen atoms in total. The van der Waals surface area contributed by atoms with E-state index in [1.165, 1.54) is 19.6 Å². The highest BCUT2D eigenvalue weighted by molar-refractivity contribution is 7.99. The van der Waals surface area contributed by atoms with Crippen molar-refractivity contribution in [2.75, 3.05) is 23.9 Å². The minimum Gasteiger partial charge on any atom is -0.496 e. The molecule has 2 N–H and O–H groups in total. The summed E-state index contributed by atoms with van der Waals surface area (Å²) in [5.41, 5.74) is 2.13. The number of hydrogen-bond acceptors (Lipinski definition) is 5. The lowest BCUT2D eigenvalue weighted by atomic mass is 9.91. The van der Waals surface area contributed by atoms with Crippen LogP contribution in [0, 0.1) is 0 Å². The number of piperidine rings is 1. The molecule has 2 aromatic rings. The highest BCUT2D eigenvalue weighted by atomic mass is 35.5. The number of carbonyl (C=O) groups excluding carboxylic acids is 2. The fourth-order valence-electron chi connectivity index (χ4n) is 4.61. The smallest absolute Gasteiger partial charge is 0.255 e. The van der Waals surface area contributed by atoms with Crippen molar-refractivity contribution in [3.8, 4) is 5.75 Å². The summed E-state index contributed by atoms with van der Waals surface area (Å²) in [5, 5.41) is 6.17. The Morgan fingerprint density at radius 1 is 1.16 bits per heavy atom. The van der Waals surface area contributed by atoms with E-state index in [-0.39, 0.29) is 17.9 Å². The monoisotopic (exact) mass is 473 g/mol. The lowest BCUT2D eigenvalue weighted by Crippen LogP contribution is -2.58. The number of rotatable bonds is 6. The zero-order valence-electron chi connectivity index (χ0n) is 18.3. The predicted molar refractivity (Wildman–Crippen MR) is 130 cm³/mol. The molecule has 0 aliphatic carbocycles. The maximum Gasteiger partial charge on any atom is 0.255 e. The Kier molecular flexibility index (Phi) is 7.28. The van der Waals surface area contributed by atoms with Gasteiger partial charge < -0.3 is 15.4 Å². The number of benzene rings is 2. The van der Waals surface area contributed by atoms with Gasteiger partial charge in [0, 0.05) is 49.2 Å². The summed E-state index contributed by atoms with van der Waals surface area (Å²) in [5.74, 6) is 2.10. The molecule has 2 aromatic carbocycles. The van der Waals surface area contributed by atoms with Gasteiger partial charge in [-0.2, -0.15) is 11.8 Å². The van der Waals surface area contributed by atoms with Crippen molar-refractivity contribution in [3.05, 3.63) is 58.6 Å². The standard InChI is InChI=1S/C24H28ClN3O3S/c1-15(29)26-22-11-23(31-2)20(10-21(22)25)24(30)27-17-8-18-13-32-14-19(9-17)28(18)12-16-6-4-3-5-7-16/h3-7,10-11,17-19H,8-9,12-14H2,1-2H3,(H,26,29)(H,27,30). The van der Waals surface area contributed by atoms with Crippen LogP contribution < -0.4 is 15.4 Å². The van der Waals surface area contributed by atoms with E-state index in [4.69, 9.17) is 16.3 Å². The van der Waals surface area contributed by atoms with E-state index in [1.54, 1.807) is 12.1 Å². The van der Waals surface area contributed by atoms with Crippen LogP contribution in [0.1, 0.15) is 35.7 Å². The Morgan fingerprint density at radius 2 is 1.84 bits per heavy atom. The first-order valence-electron chi connectivity index (χ1n) is 10.8. The molecule has 2 atom stereocenters. The third-order valence-electron chi connectivity index (χ3n) is 6.06. The van der Waals surface area contributed by atoms with Crippen LogP contribution in [0.15, 0.2) is 42.5 Å². The molecule has 2 aliphatic rings. The Bertz CT molecular complexity index is 974. The first-order chi connectivity index (χ1) is 15.4. The van der Waals surface area contributed by atoms with E-state index >= 15 is 0 Å². The summed E-state index contributed by atoms with van der Waals surface area (Å²) in [6.07, 6.45) is 1.84. The van der Waals surface area contributed by atoms with Crippen LogP contribution in [-0.2, 0) is 11.3 Å². The number of carbonyl (C=O) groups is 2. The molecule has 2 amide bonds. The van der Waals surface area contributed by atoms with Gasteiger partial charge in [-0.15, -0.1) is 0 Å². The molecule has 2 heterocycles. The van der Waals surface area contributed by atoms with Crippen LogP contribution in [0.5, 0.6) is 5.75 Å². The van der Waals surface area contributed by atoms with Gasteiger partial charge in [-0.05, 0) is 24.5 Å². The summed E-state index contributed by atoms with van der Waals surface area (Å²) in [4.78, 5) is 27.1. The molecule has 2 bridgehead atoms. The van der Waals surface area contributed by atoms with Gasteiger partial charge in [0.15, 0.2) is 0 Å². The fraction of sp³-hybridized carbons (Fsp3) is 0.417. The van der Waals surface area contributed by atoms with Gasteiger partial charge in [0.1, 0.15) is 5.75 Å². The van der Waals surface area contributed by atoms with Gasteiger partial charge in [0.2, 0.25) is 5.91 Å². The zero-order valence-corrected chi connectivity index (χ0v) is 19.8. The number of anilines is 1. The summed E-state index contributed by atoms with van der Waals surface area (Å²) < 4.78 is 5.41. The van der Waals surface area contributed by atoms with Crippen molar-refractivity contribution < 1.29 is 14.3 Å². The van der Waals surface area contributed by atoms with E-state index in [1.807, 2.05) is 17.8 Å². The van der Waals surface area contributed by atoms with E-state index in [2.05, 4.69) is 39.8 Å². The van der Waals surface area contributed by atoms with Crippen molar-refractivity contribution in [1.82, 2.24) is 10.2 Å². The summed E-state index contributed by atoms with van der Waals surface area (Å²) in [7, 11) is 1.50. The van der Waals surface area contributed by atoms with Gasteiger partial charge >= 0.3 is 0 Å². The summed E-state index contributed by atoms with van der Waals surface area (Å²) in [6, 6.07) is 14.7. The maximum absolute atomic E-state index is 13.1. The lowest BCUT2D eigenvalue weighted by Gasteiger charge is -2.48. The Hall–Kier alpha value is -2.22. The summed E-state index contributed by atoms with van der Waals surface area (Å²) in [6.45, 7) is 2.36. The number of ether oxygens (including phenoxy) is 1. The summed E-state index contributed by atoms with van der Waals surface area (Å²) >= 11 is 8.31. The van der Waals surface area contributed by atoms with E-state index in [0.29, 0.717) is 34.1 Å². The van der Waals surface area contributed by atoms with Gasteiger partial charge in [-0.3, -0.25) is 14.5 Å². The van der Waals surface area contributed by atoms with Crippen LogP contribution in [0.4, 0.5) is 5.69 Å². The quantitative estimate of drug-likeness (QED) is 0.658. The molecular weight excluding hydrogens is 446 g/mol. The van der Waals surface area contributed by atoms with Crippen LogP contribution in [0.3, 0.4) is 0 Å². The van der Waals surface area contributed by atoms with Crippen molar-refractivity contribution >= 4 is 40.9 Å². The number of methoxy groups -OCH3 is 1. The molecule has 8 heteroatoms. The third kappa shape index (κ3) is 5.22. The highest BCUT2D eigenvalue weighted by Gasteiger charge is 2.39. The molecular formula is C24H28ClN3O3S. The number of halogens is 1. The first-order valence-corrected chi connectivity index (χ1v) is 12.3. The normalized spacial score (nSPS) is 22.8. The molecule has 2 unspecified atom stereocenters. The van der Waals surface area contributed by atoms with Crippen molar-refractivity contribution in [1.29, 1.82) is 0 Å². The van der Waals surface area contributed by atoms with Crippen LogP contribution in [-0.4, -0.2) is 53.5 Å². The first kappa shape index (κ1) is 23.0. The van der Waals surface area contributed by atoms with Gasteiger partial charge in [0.05, 0.1) is 23.4 Å². The van der Waals surface area contributed by atoms with Crippen LogP contribution in [0.2, 0.25) is 5.02 Å². The van der Waals surface area contributed by atoms with Gasteiger partial charge in [0.25, 0.3) is 5.91 Å². The van der Waals surface area contributed by atoms with Crippen molar-refractivity contribution in [3.63, 3.8) is 0 Å². The third-order valence-corrected chi connectivity index (χ3v) is 7.61. The van der Waals surface area contributed by atoms with E-state index < -0.39 is 0 Å². The Labute approximate surface area is 198 Å². The Balaban J connectivity index is 1.45. The zero-order chi connectivity index (χ0) is 22.7. The minimum absolute atomic E-state index is 0.101. The predicted octanol–water partition coefficient (Wildman–Crippen LogP) is 4.19. The van der Waals surface area contributed by atoms with Gasteiger partial charge in [-0.25, -0.2) is 0 Å². The van der Waals surface area contributed by atoms with Crippen molar-refractivity contribution in [2.24, 2.45) is 0 Å². The second kappa shape index (κ2) is 10.1. The van der Waals surface area contributed by atoms with Crippen LogP contribution in [0.25, 0.3) is 0 Å². The van der Waals surface area contributed by atoms with Gasteiger partial charge in [-0.1, -0.05) is 41.9 Å². The number of fused-ring (bicyclic) bond motifs is 2. The van der Waals surface area contributed by atoms with Crippen molar-refractivity contribution in [2.45, 2.75) is 44.4 Å². The number of nitrogens with one attached hydrogen (secondary N) is 2. The average molecular weight is 474 g/mol. The lowest BCUT2D eigenvalue weighted by molar-refractivity contribution is -0.114. The molecule has 0 radical (unpaired) electrons. The van der Waals surface area contributed by atoms with E-state index in [0.717, 1.165) is 30.9 Å². The highest BCUT2D eigenvalue weighted by Crippen LogP contribution is 2.35. The average Bonchev–Trinajstić information content (AvgIpc) is 2.75. The number of thioether (sulfide) groups is 1. The molecule has 0 aromatic heterocycles. The molecule has 170 valence electrons. The molecule has 4 rings (SSSR count). The molecule has 0 spiro atoms. The Morgan fingerprint density at radius 3 is 2.47 bits per heavy atom. The van der Waals surface area contributed by atoms with E-state index in [9.17, 15) is 9.59 Å². The maximum atomic E-state index is 13.1. The second-order valence-corrected chi connectivity index (χ2v) is 9.84. The molecule has 2 aliphatic heterocycles. The molecule has 32 heavy (non-hydrogen) atoms. The number of nitrogens with zero attached hydrogens (tertiary/aromatic N) is 1. The SMILES string of the molecule is COc1cc(NC(C)=O)c(Cl)cc1C(=O)NC1CC2CSCC(C1)N2Cc1ccccc1. The fourth-order valence-corrected chi connectivity index (χ4v) is 6.15. The molecule has 0 saturated carbocycles. The second-order valence-electron chi connectivity index (χ2n) is 8.36. The molecule has 2 saturated heterocycles. The number of hydrogen-bond donors (Lipinski definition) is 2. The van der Waals surface area contributed by atoms with Crippen LogP contribution >= 0.6 is 23.4 Å². The minimum atomic E-state index is -0.238.